The maximum atomic E-state index is 13.3. The van der Waals surface area contributed by atoms with Crippen molar-refractivity contribution < 1.29 is 9.18 Å². The highest BCUT2D eigenvalue weighted by Crippen LogP contribution is 2.19. The van der Waals surface area contributed by atoms with E-state index in [1.54, 1.807) is 18.0 Å². The van der Waals surface area contributed by atoms with Crippen molar-refractivity contribution in [2.75, 3.05) is 13.6 Å². The summed E-state index contributed by atoms with van der Waals surface area (Å²) in [6.07, 6.45) is 1.51. The Morgan fingerprint density at radius 1 is 1.21 bits per heavy atom. The third-order valence-corrected chi connectivity index (χ3v) is 4.77. The lowest BCUT2D eigenvalue weighted by Crippen LogP contribution is -2.36. The number of likely N-dealkylation sites (N-methyl/N-ethyl adjacent to an activating group) is 1. The zero-order valence-corrected chi connectivity index (χ0v) is 17.4. The maximum absolute atomic E-state index is 13.3. The van der Waals surface area contributed by atoms with Crippen LogP contribution >= 0.6 is 12.4 Å². The molecule has 29 heavy (non-hydrogen) atoms. The quantitative estimate of drug-likeness (QED) is 0.610. The SMILES string of the molecule is Cc1ccc(C(N)C(=O)N(C)CCCc2cc(-c3cccc(F)c3)n[nH]2)cc1.Cl. The Balaban J connectivity index is 0.00000300. The first-order valence-electron chi connectivity index (χ1n) is 9.31. The third-order valence-electron chi connectivity index (χ3n) is 4.77. The van der Waals surface area contributed by atoms with E-state index in [-0.39, 0.29) is 24.1 Å². The molecule has 0 saturated heterocycles. The number of carbonyl (C=O) groups is 1. The van der Waals surface area contributed by atoms with Gasteiger partial charge in [-0.25, -0.2) is 4.39 Å². The number of carbonyl (C=O) groups excluding carboxylic acids is 1. The molecule has 1 amide bonds. The molecule has 3 aromatic rings. The Morgan fingerprint density at radius 2 is 1.93 bits per heavy atom. The van der Waals surface area contributed by atoms with Gasteiger partial charge in [-0.05, 0) is 43.5 Å². The van der Waals surface area contributed by atoms with Gasteiger partial charge in [-0.1, -0.05) is 42.0 Å². The van der Waals surface area contributed by atoms with E-state index < -0.39 is 6.04 Å². The summed E-state index contributed by atoms with van der Waals surface area (Å²) in [5.74, 6) is -0.388. The number of nitrogens with two attached hydrogens (primary N) is 1. The van der Waals surface area contributed by atoms with Gasteiger partial charge < -0.3 is 10.6 Å². The number of nitrogens with one attached hydrogen (secondary N) is 1. The molecule has 0 aliphatic heterocycles. The van der Waals surface area contributed by atoms with Gasteiger partial charge in [0.25, 0.3) is 0 Å². The van der Waals surface area contributed by atoms with E-state index in [4.69, 9.17) is 5.73 Å². The molecule has 0 saturated carbocycles. The lowest BCUT2D eigenvalue weighted by atomic mass is 10.0. The van der Waals surface area contributed by atoms with E-state index >= 15 is 0 Å². The summed E-state index contributed by atoms with van der Waals surface area (Å²) in [6.45, 7) is 2.59. The van der Waals surface area contributed by atoms with Crippen molar-refractivity contribution in [1.29, 1.82) is 0 Å². The molecule has 0 fully saturated rings. The number of nitrogens with zero attached hydrogens (tertiary/aromatic N) is 2. The summed E-state index contributed by atoms with van der Waals surface area (Å²) in [7, 11) is 1.77. The molecule has 1 unspecified atom stereocenters. The number of hydrogen-bond donors (Lipinski definition) is 2. The number of benzene rings is 2. The average molecular weight is 417 g/mol. The van der Waals surface area contributed by atoms with Crippen LogP contribution in [0.4, 0.5) is 4.39 Å². The highest BCUT2D eigenvalue weighted by molar-refractivity contribution is 5.85. The van der Waals surface area contributed by atoms with E-state index in [1.807, 2.05) is 43.3 Å². The van der Waals surface area contributed by atoms with Crippen LogP contribution in [0.25, 0.3) is 11.3 Å². The van der Waals surface area contributed by atoms with Gasteiger partial charge in [-0.3, -0.25) is 9.89 Å². The molecule has 1 atom stereocenters. The maximum Gasteiger partial charge on any atom is 0.243 e. The second-order valence-corrected chi connectivity index (χ2v) is 7.04. The van der Waals surface area contributed by atoms with Gasteiger partial charge in [0, 0.05) is 24.8 Å². The summed E-state index contributed by atoms with van der Waals surface area (Å²) in [5, 5.41) is 7.22. The first kappa shape index (κ1) is 22.6. The van der Waals surface area contributed by atoms with Crippen LogP contribution in [0, 0.1) is 12.7 Å². The summed E-state index contributed by atoms with van der Waals surface area (Å²) in [4.78, 5) is 14.2. The van der Waals surface area contributed by atoms with Crippen molar-refractivity contribution in [3.05, 3.63) is 77.2 Å². The molecule has 3 N–H and O–H groups in total. The van der Waals surface area contributed by atoms with Crippen LogP contribution in [-0.4, -0.2) is 34.6 Å². The molecular formula is C22H26ClFN4O. The van der Waals surface area contributed by atoms with Gasteiger partial charge in [0.05, 0.1) is 5.69 Å². The summed E-state index contributed by atoms with van der Waals surface area (Å²) in [6, 6.07) is 15.3. The average Bonchev–Trinajstić information content (AvgIpc) is 3.16. The van der Waals surface area contributed by atoms with Crippen molar-refractivity contribution >= 4 is 18.3 Å². The smallest absolute Gasteiger partial charge is 0.243 e. The minimum Gasteiger partial charge on any atom is -0.344 e. The van der Waals surface area contributed by atoms with E-state index in [0.717, 1.165) is 35.2 Å². The second-order valence-electron chi connectivity index (χ2n) is 7.04. The number of amides is 1. The minimum atomic E-state index is -0.655. The fourth-order valence-corrected chi connectivity index (χ4v) is 3.06. The molecular weight excluding hydrogens is 391 g/mol. The predicted molar refractivity (Wildman–Crippen MR) is 115 cm³/mol. The van der Waals surface area contributed by atoms with Gasteiger partial charge in [0.1, 0.15) is 11.9 Å². The molecule has 154 valence electrons. The molecule has 0 spiro atoms. The fraction of sp³-hybridized carbons (Fsp3) is 0.273. The monoisotopic (exact) mass is 416 g/mol. The van der Waals surface area contributed by atoms with E-state index in [9.17, 15) is 9.18 Å². The first-order valence-corrected chi connectivity index (χ1v) is 9.31. The topological polar surface area (TPSA) is 75.0 Å². The highest BCUT2D eigenvalue weighted by atomic mass is 35.5. The number of aromatic amines is 1. The second kappa shape index (κ2) is 10.2. The zero-order valence-electron chi connectivity index (χ0n) is 16.6. The number of aryl methyl sites for hydroxylation is 2. The van der Waals surface area contributed by atoms with E-state index in [1.165, 1.54) is 12.1 Å². The molecule has 1 heterocycles. The zero-order chi connectivity index (χ0) is 20.1. The summed E-state index contributed by atoms with van der Waals surface area (Å²) in [5.41, 5.74) is 10.5. The normalized spacial score (nSPS) is 11.6. The van der Waals surface area contributed by atoms with E-state index in [0.29, 0.717) is 12.2 Å². The van der Waals surface area contributed by atoms with Crippen LogP contribution < -0.4 is 5.73 Å². The molecule has 0 radical (unpaired) electrons. The summed E-state index contributed by atoms with van der Waals surface area (Å²) >= 11 is 0. The van der Waals surface area contributed by atoms with Crippen LogP contribution in [-0.2, 0) is 11.2 Å². The molecule has 0 aliphatic carbocycles. The van der Waals surface area contributed by atoms with Crippen molar-refractivity contribution in [3.8, 4) is 11.3 Å². The van der Waals surface area contributed by atoms with Crippen LogP contribution in [0.15, 0.2) is 54.6 Å². The van der Waals surface area contributed by atoms with Gasteiger partial charge >= 0.3 is 0 Å². The Labute approximate surface area is 176 Å². The van der Waals surface area contributed by atoms with Gasteiger partial charge in [-0.15, -0.1) is 12.4 Å². The van der Waals surface area contributed by atoms with Crippen LogP contribution in [0.2, 0.25) is 0 Å². The molecule has 2 aromatic carbocycles. The number of halogens is 2. The van der Waals surface area contributed by atoms with Crippen molar-refractivity contribution in [1.82, 2.24) is 15.1 Å². The molecule has 7 heteroatoms. The first-order chi connectivity index (χ1) is 13.4. The lowest BCUT2D eigenvalue weighted by molar-refractivity contribution is -0.131. The Morgan fingerprint density at radius 3 is 2.62 bits per heavy atom. The number of rotatable bonds is 7. The molecule has 1 aromatic heterocycles. The highest BCUT2D eigenvalue weighted by Gasteiger charge is 2.19. The largest absolute Gasteiger partial charge is 0.344 e. The predicted octanol–water partition coefficient (Wildman–Crippen LogP) is 4.04. The Bertz CT molecular complexity index is 942. The van der Waals surface area contributed by atoms with Crippen molar-refractivity contribution in [2.24, 2.45) is 5.73 Å². The number of hydrogen-bond acceptors (Lipinski definition) is 3. The fourth-order valence-electron chi connectivity index (χ4n) is 3.06. The molecule has 3 rings (SSSR count). The Kier molecular flexibility index (Phi) is 7.93. The number of aromatic nitrogens is 2. The van der Waals surface area contributed by atoms with Crippen LogP contribution in [0.5, 0.6) is 0 Å². The standard InChI is InChI=1S/C22H25FN4O.ClH/c1-15-8-10-16(11-9-15)21(24)22(28)27(2)12-4-7-19-14-20(26-25-19)17-5-3-6-18(23)13-17;/h3,5-6,8-11,13-14,21H,4,7,12,24H2,1-2H3,(H,25,26);1H. The lowest BCUT2D eigenvalue weighted by Gasteiger charge is -2.21. The molecule has 0 aliphatic rings. The Hall–Kier alpha value is -2.70. The van der Waals surface area contributed by atoms with Gasteiger partial charge in [0.15, 0.2) is 0 Å². The van der Waals surface area contributed by atoms with Crippen molar-refractivity contribution in [2.45, 2.75) is 25.8 Å². The van der Waals surface area contributed by atoms with Gasteiger partial charge in [0.2, 0.25) is 5.91 Å². The van der Waals surface area contributed by atoms with Crippen molar-refractivity contribution in [3.63, 3.8) is 0 Å². The van der Waals surface area contributed by atoms with Crippen LogP contribution in [0.1, 0.15) is 29.3 Å². The molecule has 5 nitrogen and oxygen atoms in total. The third kappa shape index (κ3) is 5.89. The van der Waals surface area contributed by atoms with E-state index in [2.05, 4.69) is 10.2 Å². The summed E-state index contributed by atoms with van der Waals surface area (Å²) < 4.78 is 13.3. The van der Waals surface area contributed by atoms with Gasteiger partial charge in [-0.2, -0.15) is 5.10 Å². The van der Waals surface area contributed by atoms with Crippen LogP contribution in [0.3, 0.4) is 0 Å². The molecule has 0 bridgehead atoms. The number of H-pyrrole nitrogens is 1. The minimum absolute atomic E-state index is 0.